The van der Waals surface area contributed by atoms with Crippen molar-refractivity contribution < 1.29 is 14.3 Å². The third-order valence-electron chi connectivity index (χ3n) is 5.34. The number of anilines is 1. The van der Waals surface area contributed by atoms with Crippen molar-refractivity contribution in [2.45, 2.75) is 26.9 Å². The molecule has 1 amide bonds. The molecule has 35 heavy (non-hydrogen) atoms. The van der Waals surface area contributed by atoms with E-state index in [-0.39, 0.29) is 5.57 Å². The zero-order valence-corrected chi connectivity index (χ0v) is 21.6. The average Bonchev–Trinajstić information content (AvgIpc) is 2.84. The van der Waals surface area contributed by atoms with Crippen LogP contribution in [0.4, 0.5) is 5.69 Å². The van der Waals surface area contributed by atoms with Gasteiger partial charge < -0.3 is 14.8 Å². The first-order chi connectivity index (χ1) is 16.8. The molecule has 0 aliphatic rings. The minimum absolute atomic E-state index is 0.0138. The quantitative estimate of drug-likeness (QED) is 0.185. The molecular formula is C29H27BrN2O3. The Bertz CT molecular complexity index is 1300. The molecular weight excluding hydrogens is 504 g/mol. The molecule has 0 aromatic heterocycles. The number of nitrogens with one attached hydrogen (secondary N) is 1. The van der Waals surface area contributed by atoms with Gasteiger partial charge in [-0.25, -0.2) is 0 Å². The average molecular weight is 531 g/mol. The van der Waals surface area contributed by atoms with Gasteiger partial charge >= 0.3 is 0 Å². The number of benzene rings is 3. The van der Waals surface area contributed by atoms with E-state index in [4.69, 9.17) is 9.47 Å². The van der Waals surface area contributed by atoms with E-state index in [1.807, 2.05) is 68.4 Å². The summed E-state index contributed by atoms with van der Waals surface area (Å²) in [6, 6.07) is 19.2. The zero-order chi connectivity index (χ0) is 25.4. The molecule has 0 saturated heterocycles. The van der Waals surface area contributed by atoms with E-state index in [0.29, 0.717) is 35.8 Å². The van der Waals surface area contributed by atoms with Crippen molar-refractivity contribution in [1.29, 1.82) is 5.26 Å². The van der Waals surface area contributed by atoms with Gasteiger partial charge in [0.05, 0.1) is 7.11 Å². The van der Waals surface area contributed by atoms with Crippen LogP contribution in [-0.2, 0) is 17.8 Å². The van der Waals surface area contributed by atoms with E-state index in [2.05, 4.69) is 27.8 Å². The smallest absolute Gasteiger partial charge is 0.266 e. The number of hydrogen-bond donors (Lipinski definition) is 1. The first kappa shape index (κ1) is 25.8. The summed E-state index contributed by atoms with van der Waals surface area (Å²) in [7, 11) is 1.56. The lowest BCUT2D eigenvalue weighted by molar-refractivity contribution is -0.112. The fourth-order valence-corrected chi connectivity index (χ4v) is 3.85. The Kier molecular flexibility index (Phi) is 8.88. The molecule has 0 fully saturated rings. The van der Waals surface area contributed by atoms with Crippen molar-refractivity contribution in [2.75, 3.05) is 12.4 Å². The van der Waals surface area contributed by atoms with E-state index < -0.39 is 5.91 Å². The predicted octanol–water partition coefficient (Wildman–Crippen LogP) is 6.93. The van der Waals surface area contributed by atoms with Crippen LogP contribution >= 0.6 is 15.9 Å². The van der Waals surface area contributed by atoms with E-state index in [1.165, 1.54) is 0 Å². The number of methoxy groups -OCH3 is 1. The molecule has 3 rings (SSSR count). The molecule has 0 radical (unpaired) electrons. The Morgan fingerprint density at radius 1 is 1.14 bits per heavy atom. The number of nitrogens with zero attached hydrogens (tertiary/aromatic N) is 1. The molecule has 0 aliphatic heterocycles. The highest BCUT2D eigenvalue weighted by Crippen LogP contribution is 2.35. The van der Waals surface area contributed by atoms with Gasteiger partial charge in [-0.1, -0.05) is 51.8 Å². The monoisotopic (exact) mass is 530 g/mol. The van der Waals surface area contributed by atoms with Gasteiger partial charge in [0.2, 0.25) is 0 Å². The van der Waals surface area contributed by atoms with Gasteiger partial charge in [-0.2, -0.15) is 5.26 Å². The molecule has 3 aromatic carbocycles. The highest BCUT2D eigenvalue weighted by atomic mass is 79.9. The number of nitriles is 1. The maximum absolute atomic E-state index is 12.8. The minimum atomic E-state index is -0.473. The minimum Gasteiger partial charge on any atom is -0.493 e. The number of amides is 1. The molecule has 0 bridgehead atoms. The van der Waals surface area contributed by atoms with Crippen LogP contribution in [-0.4, -0.2) is 13.0 Å². The van der Waals surface area contributed by atoms with Gasteiger partial charge in [-0.05, 0) is 73.4 Å². The Labute approximate surface area is 214 Å². The van der Waals surface area contributed by atoms with Gasteiger partial charge in [0.1, 0.15) is 18.2 Å². The number of hydrogen-bond acceptors (Lipinski definition) is 4. The number of aryl methyl sites for hydroxylation is 2. The van der Waals surface area contributed by atoms with Crippen molar-refractivity contribution >= 4 is 33.6 Å². The van der Waals surface area contributed by atoms with Gasteiger partial charge in [0, 0.05) is 15.7 Å². The Morgan fingerprint density at radius 2 is 1.89 bits per heavy atom. The molecule has 0 atom stereocenters. The zero-order valence-electron chi connectivity index (χ0n) is 20.0. The van der Waals surface area contributed by atoms with Crippen LogP contribution in [0, 0.1) is 25.2 Å². The van der Waals surface area contributed by atoms with Crippen LogP contribution < -0.4 is 14.8 Å². The Balaban J connectivity index is 1.90. The van der Waals surface area contributed by atoms with Crippen LogP contribution in [0.2, 0.25) is 0 Å². The normalized spacial score (nSPS) is 10.9. The van der Waals surface area contributed by atoms with Crippen molar-refractivity contribution in [3.63, 3.8) is 0 Å². The maximum Gasteiger partial charge on any atom is 0.266 e. The van der Waals surface area contributed by atoms with E-state index in [9.17, 15) is 10.1 Å². The molecule has 5 nitrogen and oxygen atoms in total. The Hall–Kier alpha value is -3.82. The van der Waals surface area contributed by atoms with Crippen LogP contribution in [0.25, 0.3) is 6.08 Å². The van der Waals surface area contributed by atoms with Crippen LogP contribution in [0.3, 0.4) is 0 Å². The largest absolute Gasteiger partial charge is 0.493 e. The summed E-state index contributed by atoms with van der Waals surface area (Å²) in [6.45, 7) is 8.11. The number of halogens is 1. The predicted molar refractivity (Wildman–Crippen MR) is 144 cm³/mol. The summed E-state index contributed by atoms with van der Waals surface area (Å²) in [5, 5.41) is 12.5. The third kappa shape index (κ3) is 6.84. The standard InChI is InChI=1S/C29H27BrN2O3/c1-5-6-23-14-22(15-24(17-31)29(33)32-26-12-7-19(2)13-20(26)3)16-27(34-4)28(23)35-18-21-8-10-25(30)11-9-21/h5,7-16H,1,6,18H2,2-4H3,(H,32,33)/b24-15+. The second-order valence-corrected chi connectivity index (χ2v) is 8.98. The van der Waals surface area contributed by atoms with Crippen molar-refractivity contribution in [3.8, 4) is 17.6 Å². The molecule has 3 aromatic rings. The topological polar surface area (TPSA) is 71.4 Å². The highest BCUT2D eigenvalue weighted by molar-refractivity contribution is 9.10. The van der Waals surface area contributed by atoms with Crippen molar-refractivity contribution in [2.24, 2.45) is 0 Å². The lowest BCUT2D eigenvalue weighted by atomic mass is 10.0. The summed E-state index contributed by atoms with van der Waals surface area (Å²) in [5.74, 6) is 0.643. The van der Waals surface area contributed by atoms with Crippen molar-refractivity contribution in [3.05, 3.63) is 105 Å². The number of rotatable bonds is 9. The molecule has 178 valence electrons. The molecule has 6 heteroatoms. The third-order valence-corrected chi connectivity index (χ3v) is 5.87. The summed E-state index contributed by atoms with van der Waals surface area (Å²) in [5.41, 5.74) is 5.19. The summed E-state index contributed by atoms with van der Waals surface area (Å²) in [4.78, 5) is 12.8. The number of ether oxygens (including phenoxy) is 2. The SMILES string of the molecule is C=CCc1cc(/C=C(\C#N)C(=O)Nc2ccc(C)cc2C)cc(OC)c1OCc1ccc(Br)cc1. The lowest BCUT2D eigenvalue weighted by Crippen LogP contribution is -2.14. The van der Waals surface area contributed by atoms with Crippen molar-refractivity contribution in [1.82, 2.24) is 0 Å². The van der Waals surface area contributed by atoms with E-state index >= 15 is 0 Å². The second-order valence-electron chi connectivity index (χ2n) is 8.06. The lowest BCUT2D eigenvalue weighted by Gasteiger charge is -2.16. The van der Waals surface area contributed by atoms with Gasteiger partial charge in [0.25, 0.3) is 5.91 Å². The van der Waals surface area contributed by atoms with E-state index in [0.717, 1.165) is 26.7 Å². The molecule has 1 N–H and O–H groups in total. The van der Waals surface area contributed by atoms with Crippen LogP contribution in [0.15, 0.2) is 77.3 Å². The fraction of sp³-hybridized carbons (Fsp3) is 0.172. The number of carbonyl (C=O) groups excluding carboxylic acids is 1. The van der Waals surface area contributed by atoms with Gasteiger partial charge in [-0.3, -0.25) is 4.79 Å². The number of carbonyl (C=O) groups is 1. The summed E-state index contributed by atoms with van der Waals surface area (Å²) in [6.07, 6.45) is 3.85. The Morgan fingerprint density at radius 3 is 2.51 bits per heavy atom. The molecule has 0 aliphatic carbocycles. The first-order valence-electron chi connectivity index (χ1n) is 11.0. The molecule has 0 unspecified atom stereocenters. The van der Waals surface area contributed by atoms with Crippen LogP contribution in [0.1, 0.15) is 27.8 Å². The highest BCUT2D eigenvalue weighted by Gasteiger charge is 2.15. The molecule has 0 saturated carbocycles. The van der Waals surface area contributed by atoms with Crippen LogP contribution in [0.5, 0.6) is 11.5 Å². The summed E-state index contributed by atoms with van der Waals surface area (Å²) < 4.78 is 12.7. The second kappa shape index (κ2) is 12.0. The molecule has 0 heterocycles. The molecule has 0 spiro atoms. The maximum atomic E-state index is 12.8. The van der Waals surface area contributed by atoms with E-state index in [1.54, 1.807) is 25.3 Å². The van der Waals surface area contributed by atoms with Gasteiger partial charge in [-0.15, -0.1) is 6.58 Å². The number of allylic oxidation sites excluding steroid dienone is 1. The first-order valence-corrected chi connectivity index (χ1v) is 11.8. The van der Waals surface area contributed by atoms with Gasteiger partial charge in [0.15, 0.2) is 11.5 Å². The fourth-order valence-electron chi connectivity index (χ4n) is 3.58. The summed E-state index contributed by atoms with van der Waals surface area (Å²) >= 11 is 3.44.